The summed E-state index contributed by atoms with van der Waals surface area (Å²) in [5, 5.41) is 0. The molecule has 2 aromatic carbocycles. The van der Waals surface area contributed by atoms with Gasteiger partial charge in [0, 0.05) is 0 Å². The summed E-state index contributed by atoms with van der Waals surface area (Å²) in [6.45, 7) is 5.03. The van der Waals surface area contributed by atoms with Crippen molar-refractivity contribution < 1.29 is 25.8 Å². The van der Waals surface area contributed by atoms with E-state index in [0.29, 0.717) is 24.5 Å². The highest BCUT2D eigenvalue weighted by Crippen LogP contribution is 2.27. The van der Waals surface area contributed by atoms with Gasteiger partial charge in [-0.1, -0.05) is 24.3 Å². The van der Waals surface area contributed by atoms with Gasteiger partial charge < -0.3 is 12.4 Å². The maximum Gasteiger partial charge on any atom is 0.244 e. The SMILES string of the molecule is Cc1cccc(F)c1N1C=[N+](c2c(C)cccc2F)CC1.[Cl-]. The Morgan fingerprint density at radius 3 is 2.23 bits per heavy atom. The van der Waals surface area contributed by atoms with E-state index >= 15 is 0 Å². The molecule has 2 nitrogen and oxygen atoms in total. The van der Waals surface area contributed by atoms with Crippen molar-refractivity contribution in [3.8, 4) is 0 Å². The summed E-state index contributed by atoms with van der Waals surface area (Å²) in [6.07, 6.45) is 1.79. The maximum absolute atomic E-state index is 14.0. The second kappa shape index (κ2) is 6.44. The molecular weight excluding hydrogens is 306 g/mol. The summed E-state index contributed by atoms with van der Waals surface area (Å²) in [5.74, 6) is -0.503. The van der Waals surface area contributed by atoms with E-state index in [1.165, 1.54) is 12.1 Å². The molecular formula is C17H17ClF2N2. The Bertz CT molecular complexity index is 688. The molecule has 0 aromatic heterocycles. The maximum atomic E-state index is 14.0. The summed E-state index contributed by atoms with van der Waals surface area (Å²) in [7, 11) is 0. The van der Waals surface area contributed by atoms with Crippen LogP contribution in [0.2, 0.25) is 0 Å². The summed E-state index contributed by atoms with van der Waals surface area (Å²) in [6, 6.07) is 10.1. The minimum Gasteiger partial charge on any atom is -1.00 e. The first-order chi connectivity index (χ1) is 10.1. The van der Waals surface area contributed by atoms with E-state index in [0.717, 1.165) is 11.1 Å². The molecule has 0 saturated heterocycles. The number of rotatable bonds is 2. The van der Waals surface area contributed by atoms with Crippen LogP contribution in [0.25, 0.3) is 0 Å². The second-order valence-electron chi connectivity index (χ2n) is 5.31. The zero-order valence-electron chi connectivity index (χ0n) is 12.5. The van der Waals surface area contributed by atoms with Crippen molar-refractivity contribution in [2.24, 2.45) is 0 Å². The minimum atomic E-state index is -0.252. The van der Waals surface area contributed by atoms with Crippen molar-refractivity contribution in [1.82, 2.24) is 0 Å². The summed E-state index contributed by atoms with van der Waals surface area (Å²) < 4.78 is 29.9. The normalized spacial score (nSPS) is 13.8. The van der Waals surface area contributed by atoms with E-state index < -0.39 is 0 Å². The van der Waals surface area contributed by atoms with E-state index in [2.05, 4.69) is 0 Å². The van der Waals surface area contributed by atoms with Gasteiger partial charge in [0.1, 0.15) is 13.1 Å². The lowest BCUT2D eigenvalue weighted by atomic mass is 10.2. The van der Waals surface area contributed by atoms with Gasteiger partial charge in [0.05, 0.1) is 0 Å². The van der Waals surface area contributed by atoms with Crippen LogP contribution < -0.4 is 17.3 Å². The first-order valence-electron chi connectivity index (χ1n) is 6.96. The Morgan fingerprint density at radius 2 is 1.59 bits per heavy atom. The Kier molecular flexibility index (Phi) is 4.81. The molecule has 0 radical (unpaired) electrons. The zero-order chi connectivity index (χ0) is 15.0. The van der Waals surface area contributed by atoms with Crippen molar-refractivity contribution in [2.45, 2.75) is 13.8 Å². The van der Waals surface area contributed by atoms with Gasteiger partial charge in [-0.25, -0.2) is 18.3 Å². The smallest absolute Gasteiger partial charge is 0.244 e. The lowest BCUT2D eigenvalue weighted by Gasteiger charge is -2.10. The van der Waals surface area contributed by atoms with Crippen LogP contribution in [0.5, 0.6) is 0 Å². The zero-order valence-corrected chi connectivity index (χ0v) is 13.2. The number of nitrogens with zero attached hydrogens (tertiary/aromatic N) is 2. The number of benzene rings is 2. The average molecular weight is 323 g/mol. The predicted molar refractivity (Wildman–Crippen MR) is 80.5 cm³/mol. The molecule has 0 bridgehead atoms. The molecule has 0 unspecified atom stereocenters. The van der Waals surface area contributed by atoms with E-state index in [1.54, 1.807) is 18.5 Å². The van der Waals surface area contributed by atoms with Crippen molar-refractivity contribution in [3.63, 3.8) is 0 Å². The number of hydrogen-bond acceptors (Lipinski definition) is 1. The van der Waals surface area contributed by atoms with Gasteiger partial charge in [0.25, 0.3) is 0 Å². The van der Waals surface area contributed by atoms with Crippen LogP contribution in [0.4, 0.5) is 20.2 Å². The number of halogens is 3. The third-order valence-corrected chi connectivity index (χ3v) is 3.81. The Morgan fingerprint density at radius 1 is 0.955 bits per heavy atom. The molecule has 116 valence electrons. The van der Waals surface area contributed by atoms with E-state index in [9.17, 15) is 8.78 Å². The highest BCUT2D eigenvalue weighted by atomic mass is 35.5. The van der Waals surface area contributed by atoms with Crippen LogP contribution in [0.1, 0.15) is 11.1 Å². The molecule has 3 rings (SSSR count). The van der Waals surface area contributed by atoms with Crippen LogP contribution in [0.3, 0.4) is 0 Å². The second-order valence-corrected chi connectivity index (χ2v) is 5.31. The molecule has 0 fully saturated rings. The van der Waals surface area contributed by atoms with Crippen molar-refractivity contribution in [2.75, 3.05) is 18.0 Å². The molecule has 22 heavy (non-hydrogen) atoms. The highest BCUT2D eigenvalue weighted by molar-refractivity contribution is 5.80. The monoisotopic (exact) mass is 322 g/mol. The molecule has 0 atom stereocenters. The van der Waals surface area contributed by atoms with Gasteiger partial charge in [0.15, 0.2) is 23.0 Å². The summed E-state index contributed by atoms with van der Waals surface area (Å²) in [4.78, 5) is 1.84. The van der Waals surface area contributed by atoms with Gasteiger partial charge in [-0.3, -0.25) is 0 Å². The highest BCUT2D eigenvalue weighted by Gasteiger charge is 2.28. The molecule has 1 heterocycles. The fraction of sp³-hybridized carbons (Fsp3) is 0.235. The fourth-order valence-corrected chi connectivity index (χ4v) is 2.81. The molecule has 1 aliphatic rings. The Hall–Kier alpha value is -1.94. The number of hydrogen-bond donors (Lipinski definition) is 0. The van der Waals surface area contributed by atoms with Crippen LogP contribution in [-0.4, -0.2) is 24.0 Å². The molecule has 0 spiro atoms. The largest absolute Gasteiger partial charge is 1.00 e. The Labute approximate surface area is 135 Å². The fourth-order valence-electron chi connectivity index (χ4n) is 2.81. The third-order valence-electron chi connectivity index (χ3n) is 3.81. The third kappa shape index (κ3) is 2.83. The average Bonchev–Trinajstić information content (AvgIpc) is 2.87. The first-order valence-corrected chi connectivity index (χ1v) is 6.96. The van der Waals surface area contributed by atoms with E-state index in [-0.39, 0.29) is 24.0 Å². The summed E-state index contributed by atoms with van der Waals surface area (Å²) >= 11 is 0. The predicted octanol–water partition coefficient (Wildman–Crippen LogP) is 0.778. The van der Waals surface area contributed by atoms with Crippen LogP contribution in [0.15, 0.2) is 36.4 Å². The van der Waals surface area contributed by atoms with Crippen LogP contribution >= 0.6 is 0 Å². The molecule has 0 aliphatic carbocycles. The van der Waals surface area contributed by atoms with Gasteiger partial charge in [-0.2, -0.15) is 0 Å². The molecule has 0 N–H and O–H groups in total. The molecule has 5 heteroatoms. The van der Waals surface area contributed by atoms with Gasteiger partial charge >= 0.3 is 0 Å². The van der Waals surface area contributed by atoms with Crippen molar-refractivity contribution in [1.29, 1.82) is 0 Å². The molecule has 2 aromatic rings. The minimum absolute atomic E-state index is 0. The van der Waals surface area contributed by atoms with Gasteiger partial charge in [-0.05, 0) is 37.1 Å². The lowest BCUT2D eigenvalue weighted by molar-refractivity contribution is -0.426. The van der Waals surface area contributed by atoms with E-state index in [1.807, 2.05) is 35.5 Å². The van der Waals surface area contributed by atoms with Gasteiger partial charge in [0.2, 0.25) is 6.34 Å². The van der Waals surface area contributed by atoms with Gasteiger partial charge in [-0.15, -0.1) is 0 Å². The van der Waals surface area contributed by atoms with Crippen LogP contribution in [-0.2, 0) is 0 Å². The van der Waals surface area contributed by atoms with E-state index in [4.69, 9.17) is 0 Å². The lowest BCUT2D eigenvalue weighted by Crippen LogP contribution is -3.00. The summed E-state index contributed by atoms with van der Waals surface area (Å²) in [5.41, 5.74) is 2.87. The first kappa shape index (κ1) is 16.4. The quantitative estimate of drug-likeness (QED) is 0.741. The molecule has 0 saturated carbocycles. The number of anilines is 1. The van der Waals surface area contributed by atoms with Crippen molar-refractivity contribution in [3.05, 3.63) is 59.2 Å². The van der Waals surface area contributed by atoms with Crippen LogP contribution in [0, 0.1) is 25.5 Å². The number of para-hydroxylation sites is 2. The topological polar surface area (TPSA) is 6.25 Å². The van der Waals surface area contributed by atoms with Crippen molar-refractivity contribution >= 4 is 17.7 Å². The Balaban J connectivity index is 0.00000176. The molecule has 1 aliphatic heterocycles. The number of aryl methyl sites for hydroxylation is 2. The molecule has 0 amide bonds. The standard InChI is InChI=1S/C17H17F2N2.ClH/c1-12-5-3-7-14(18)16(12)20-9-10-21(11-20)17-13(2)6-4-8-15(17)19;/h3-8,11H,9-10H2,1-2H3;1H/q+1;/p-1.